The minimum atomic E-state index is -0.250. The van der Waals surface area contributed by atoms with Gasteiger partial charge in [0.1, 0.15) is 6.61 Å². The van der Waals surface area contributed by atoms with Crippen molar-refractivity contribution in [2.75, 3.05) is 6.61 Å². The third-order valence-corrected chi connectivity index (χ3v) is 2.90. The minimum absolute atomic E-state index is 0.0278. The summed E-state index contributed by atoms with van der Waals surface area (Å²) in [7, 11) is 0. The molecule has 0 aromatic heterocycles. The topological polar surface area (TPSA) is 26.3 Å². The standard InChI is InChI=1S/C9H12O2/c1-7-6-11-8(10)9(7)4-2-3-5-9/h1-6H2. The van der Waals surface area contributed by atoms with Crippen LogP contribution in [-0.4, -0.2) is 12.6 Å². The Hall–Kier alpha value is -0.790. The van der Waals surface area contributed by atoms with Crippen LogP contribution in [0.25, 0.3) is 0 Å². The Balaban J connectivity index is 2.33. The molecule has 0 bridgehead atoms. The first-order chi connectivity index (χ1) is 5.26. The Labute approximate surface area is 66.2 Å². The molecule has 2 rings (SSSR count). The van der Waals surface area contributed by atoms with Gasteiger partial charge in [0.05, 0.1) is 5.41 Å². The van der Waals surface area contributed by atoms with Crippen molar-refractivity contribution in [3.05, 3.63) is 12.2 Å². The lowest BCUT2D eigenvalue weighted by Crippen LogP contribution is -2.23. The molecule has 0 atom stereocenters. The molecule has 1 aliphatic carbocycles. The summed E-state index contributed by atoms with van der Waals surface area (Å²) in [6, 6.07) is 0. The summed E-state index contributed by atoms with van der Waals surface area (Å²) in [5.74, 6) is -0.0278. The summed E-state index contributed by atoms with van der Waals surface area (Å²) in [5, 5.41) is 0. The van der Waals surface area contributed by atoms with Gasteiger partial charge in [-0.2, -0.15) is 0 Å². The maximum atomic E-state index is 11.3. The fourth-order valence-electron chi connectivity index (χ4n) is 2.11. The van der Waals surface area contributed by atoms with E-state index in [-0.39, 0.29) is 11.4 Å². The number of carbonyl (C=O) groups is 1. The van der Waals surface area contributed by atoms with Gasteiger partial charge in [-0.3, -0.25) is 4.79 Å². The molecular weight excluding hydrogens is 140 g/mol. The summed E-state index contributed by atoms with van der Waals surface area (Å²) in [6.07, 6.45) is 4.22. The molecule has 0 aromatic carbocycles. The van der Waals surface area contributed by atoms with Gasteiger partial charge in [0.25, 0.3) is 0 Å². The Morgan fingerprint density at radius 2 is 2.00 bits per heavy atom. The van der Waals surface area contributed by atoms with Crippen LogP contribution in [0.2, 0.25) is 0 Å². The van der Waals surface area contributed by atoms with Crippen LogP contribution in [0.1, 0.15) is 25.7 Å². The van der Waals surface area contributed by atoms with Gasteiger partial charge in [-0.05, 0) is 18.4 Å². The minimum Gasteiger partial charge on any atom is -0.460 e. The zero-order chi connectivity index (χ0) is 7.90. The Morgan fingerprint density at radius 3 is 2.45 bits per heavy atom. The molecule has 2 fully saturated rings. The van der Waals surface area contributed by atoms with E-state index in [2.05, 4.69) is 6.58 Å². The van der Waals surface area contributed by atoms with E-state index in [1.165, 1.54) is 0 Å². The van der Waals surface area contributed by atoms with Crippen LogP contribution in [0.15, 0.2) is 12.2 Å². The lowest BCUT2D eigenvalue weighted by Gasteiger charge is -2.17. The van der Waals surface area contributed by atoms with Crippen LogP contribution in [0, 0.1) is 5.41 Å². The van der Waals surface area contributed by atoms with Crippen molar-refractivity contribution in [2.45, 2.75) is 25.7 Å². The van der Waals surface area contributed by atoms with Crippen molar-refractivity contribution in [2.24, 2.45) is 5.41 Å². The largest absolute Gasteiger partial charge is 0.460 e. The van der Waals surface area contributed by atoms with Crippen molar-refractivity contribution in [1.29, 1.82) is 0 Å². The van der Waals surface area contributed by atoms with E-state index < -0.39 is 0 Å². The molecule has 1 saturated heterocycles. The lowest BCUT2D eigenvalue weighted by atomic mass is 9.81. The van der Waals surface area contributed by atoms with Gasteiger partial charge in [-0.25, -0.2) is 0 Å². The fourth-order valence-corrected chi connectivity index (χ4v) is 2.11. The molecule has 1 saturated carbocycles. The molecule has 60 valence electrons. The number of ether oxygens (including phenoxy) is 1. The first-order valence-electron chi connectivity index (χ1n) is 4.11. The monoisotopic (exact) mass is 152 g/mol. The molecule has 2 nitrogen and oxygen atoms in total. The molecule has 0 radical (unpaired) electrons. The Bertz CT molecular complexity index is 194. The van der Waals surface area contributed by atoms with Crippen LogP contribution in [0.3, 0.4) is 0 Å². The Kier molecular flexibility index (Phi) is 1.31. The van der Waals surface area contributed by atoms with Crippen LogP contribution in [0.5, 0.6) is 0 Å². The van der Waals surface area contributed by atoms with E-state index in [0.717, 1.165) is 31.3 Å². The van der Waals surface area contributed by atoms with Crippen LogP contribution < -0.4 is 0 Å². The third kappa shape index (κ3) is 0.753. The highest BCUT2D eigenvalue weighted by molar-refractivity contribution is 5.83. The first kappa shape index (κ1) is 6.89. The zero-order valence-corrected chi connectivity index (χ0v) is 6.56. The average Bonchev–Trinajstić information content (AvgIpc) is 2.56. The second kappa shape index (κ2) is 2.10. The molecule has 0 N–H and O–H groups in total. The summed E-state index contributed by atoms with van der Waals surface area (Å²) in [4.78, 5) is 11.3. The van der Waals surface area contributed by atoms with E-state index in [0.29, 0.717) is 6.61 Å². The molecule has 11 heavy (non-hydrogen) atoms. The van der Waals surface area contributed by atoms with E-state index in [1.54, 1.807) is 0 Å². The molecule has 0 amide bonds. The third-order valence-electron chi connectivity index (χ3n) is 2.90. The van der Waals surface area contributed by atoms with Gasteiger partial charge >= 0.3 is 5.97 Å². The SMILES string of the molecule is C=C1COC(=O)C12CCCC2. The second-order valence-corrected chi connectivity index (χ2v) is 3.47. The predicted molar refractivity (Wildman–Crippen MR) is 41.0 cm³/mol. The second-order valence-electron chi connectivity index (χ2n) is 3.47. The number of esters is 1. The highest BCUT2D eigenvalue weighted by Gasteiger charge is 2.49. The van der Waals surface area contributed by atoms with E-state index in [9.17, 15) is 4.79 Å². The van der Waals surface area contributed by atoms with Gasteiger partial charge in [-0.1, -0.05) is 19.4 Å². The number of rotatable bonds is 0. The number of carbonyl (C=O) groups excluding carboxylic acids is 1. The Morgan fingerprint density at radius 1 is 1.36 bits per heavy atom. The molecule has 0 aromatic rings. The van der Waals surface area contributed by atoms with Crippen molar-refractivity contribution in [3.63, 3.8) is 0 Å². The van der Waals surface area contributed by atoms with Crippen LogP contribution in [0.4, 0.5) is 0 Å². The zero-order valence-electron chi connectivity index (χ0n) is 6.56. The maximum absolute atomic E-state index is 11.3. The normalized spacial score (nSPS) is 28.0. The average molecular weight is 152 g/mol. The summed E-state index contributed by atoms with van der Waals surface area (Å²) >= 11 is 0. The molecular formula is C9H12O2. The van der Waals surface area contributed by atoms with Crippen LogP contribution in [-0.2, 0) is 9.53 Å². The first-order valence-corrected chi connectivity index (χ1v) is 4.11. The quantitative estimate of drug-likeness (QED) is 0.390. The van der Waals surface area contributed by atoms with Crippen molar-refractivity contribution >= 4 is 5.97 Å². The molecule has 2 heteroatoms. The number of hydrogen-bond donors (Lipinski definition) is 0. The molecule has 1 heterocycles. The van der Waals surface area contributed by atoms with E-state index in [1.807, 2.05) is 0 Å². The van der Waals surface area contributed by atoms with Gasteiger partial charge in [0.2, 0.25) is 0 Å². The van der Waals surface area contributed by atoms with Crippen molar-refractivity contribution in [1.82, 2.24) is 0 Å². The van der Waals surface area contributed by atoms with Gasteiger partial charge in [0.15, 0.2) is 0 Å². The summed E-state index contributed by atoms with van der Waals surface area (Å²) in [6.45, 7) is 4.35. The van der Waals surface area contributed by atoms with E-state index in [4.69, 9.17) is 4.74 Å². The van der Waals surface area contributed by atoms with Crippen molar-refractivity contribution in [3.8, 4) is 0 Å². The molecule has 1 spiro atoms. The predicted octanol–water partition coefficient (Wildman–Crippen LogP) is 1.66. The number of cyclic esters (lactones) is 1. The maximum Gasteiger partial charge on any atom is 0.316 e. The number of hydrogen-bond acceptors (Lipinski definition) is 2. The van der Waals surface area contributed by atoms with Crippen LogP contribution >= 0.6 is 0 Å². The van der Waals surface area contributed by atoms with Gasteiger partial charge in [0, 0.05) is 0 Å². The highest BCUT2D eigenvalue weighted by atomic mass is 16.5. The summed E-state index contributed by atoms with van der Waals surface area (Å²) < 4.78 is 4.96. The highest BCUT2D eigenvalue weighted by Crippen LogP contribution is 2.47. The smallest absolute Gasteiger partial charge is 0.316 e. The van der Waals surface area contributed by atoms with Gasteiger partial charge in [-0.15, -0.1) is 0 Å². The summed E-state index contributed by atoms with van der Waals surface area (Å²) in [5.41, 5.74) is 0.750. The lowest BCUT2D eigenvalue weighted by molar-refractivity contribution is -0.145. The van der Waals surface area contributed by atoms with Crippen molar-refractivity contribution < 1.29 is 9.53 Å². The van der Waals surface area contributed by atoms with Gasteiger partial charge < -0.3 is 4.74 Å². The fraction of sp³-hybridized carbons (Fsp3) is 0.667. The molecule has 1 aliphatic heterocycles. The van der Waals surface area contributed by atoms with E-state index >= 15 is 0 Å². The molecule has 2 aliphatic rings. The molecule has 0 unspecified atom stereocenters.